The van der Waals surface area contributed by atoms with Crippen LogP contribution >= 0.6 is 0 Å². The van der Waals surface area contributed by atoms with Crippen LogP contribution in [0.25, 0.3) is 0 Å². The molecule has 0 spiro atoms. The Morgan fingerprint density at radius 2 is 1.93 bits per heavy atom. The van der Waals surface area contributed by atoms with E-state index in [1.54, 1.807) is 0 Å². The Hall–Kier alpha value is -0.730. The number of aliphatic imine (C=N–C) groups is 1. The fraction of sp³-hybridized carbons (Fsp3) is 0.917. The second kappa shape index (κ2) is 4.86. The highest BCUT2D eigenvalue weighted by atomic mass is 15.1. The number of nitrogens with zero attached hydrogens (tertiary/aromatic N) is 1. The molecule has 0 aromatic rings. The molecule has 2 saturated carbocycles. The van der Waals surface area contributed by atoms with Gasteiger partial charge in [0.15, 0.2) is 5.96 Å². The third kappa shape index (κ3) is 3.73. The van der Waals surface area contributed by atoms with Gasteiger partial charge in [-0.1, -0.05) is 19.8 Å². The van der Waals surface area contributed by atoms with E-state index in [0.717, 1.165) is 5.92 Å². The van der Waals surface area contributed by atoms with Gasteiger partial charge in [-0.05, 0) is 38.0 Å². The number of rotatable bonds is 2. The molecule has 2 aliphatic rings. The van der Waals surface area contributed by atoms with Crippen molar-refractivity contribution in [2.75, 3.05) is 0 Å². The molecule has 2 aliphatic carbocycles. The SMILES string of the molecule is CC1CCCC(NC(N)=NC2CC2)CC1. The van der Waals surface area contributed by atoms with Gasteiger partial charge in [-0.25, -0.2) is 0 Å². The van der Waals surface area contributed by atoms with Crippen molar-refractivity contribution in [3.63, 3.8) is 0 Å². The summed E-state index contributed by atoms with van der Waals surface area (Å²) in [6.45, 7) is 2.35. The third-order valence-electron chi connectivity index (χ3n) is 3.48. The number of nitrogens with one attached hydrogen (secondary N) is 1. The summed E-state index contributed by atoms with van der Waals surface area (Å²) in [4.78, 5) is 4.42. The first-order valence-corrected chi connectivity index (χ1v) is 6.34. The van der Waals surface area contributed by atoms with E-state index in [2.05, 4.69) is 17.2 Å². The van der Waals surface area contributed by atoms with Gasteiger partial charge in [0, 0.05) is 6.04 Å². The van der Waals surface area contributed by atoms with Gasteiger partial charge in [0.1, 0.15) is 0 Å². The van der Waals surface area contributed by atoms with Crippen molar-refractivity contribution in [1.29, 1.82) is 0 Å². The zero-order valence-corrected chi connectivity index (χ0v) is 9.71. The van der Waals surface area contributed by atoms with Crippen LogP contribution in [0.3, 0.4) is 0 Å². The standard InChI is InChI=1S/C12H23N3/c1-9-3-2-4-10(6-5-9)14-12(13)15-11-7-8-11/h9-11H,2-8H2,1H3,(H3,13,14,15). The molecular weight excluding hydrogens is 186 g/mol. The summed E-state index contributed by atoms with van der Waals surface area (Å²) in [7, 11) is 0. The van der Waals surface area contributed by atoms with Crippen molar-refractivity contribution >= 4 is 5.96 Å². The maximum absolute atomic E-state index is 5.87. The summed E-state index contributed by atoms with van der Waals surface area (Å²) in [6.07, 6.45) is 8.99. The van der Waals surface area contributed by atoms with Crippen LogP contribution in [-0.2, 0) is 0 Å². The van der Waals surface area contributed by atoms with Crippen molar-refractivity contribution in [2.24, 2.45) is 16.6 Å². The number of guanidine groups is 1. The Bertz CT molecular complexity index is 233. The molecule has 0 aliphatic heterocycles. The first-order chi connectivity index (χ1) is 7.24. The number of nitrogens with two attached hydrogens (primary N) is 1. The molecule has 2 atom stereocenters. The summed E-state index contributed by atoms with van der Waals surface area (Å²) in [5.41, 5.74) is 5.87. The average Bonchev–Trinajstić information content (AvgIpc) is 2.97. The lowest BCUT2D eigenvalue weighted by Crippen LogP contribution is -2.40. The zero-order chi connectivity index (χ0) is 10.7. The quantitative estimate of drug-likeness (QED) is 0.415. The van der Waals surface area contributed by atoms with E-state index in [0.29, 0.717) is 18.0 Å². The van der Waals surface area contributed by atoms with Gasteiger partial charge in [-0.2, -0.15) is 0 Å². The normalized spacial score (nSPS) is 33.5. The summed E-state index contributed by atoms with van der Waals surface area (Å²) in [6, 6.07) is 1.10. The molecule has 3 heteroatoms. The first-order valence-electron chi connectivity index (χ1n) is 6.34. The van der Waals surface area contributed by atoms with Gasteiger partial charge >= 0.3 is 0 Å². The Morgan fingerprint density at radius 3 is 2.67 bits per heavy atom. The fourth-order valence-electron chi connectivity index (χ4n) is 2.28. The van der Waals surface area contributed by atoms with Crippen molar-refractivity contribution in [2.45, 2.75) is 64.0 Å². The lowest BCUT2D eigenvalue weighted by molar-refractivity contribution is 0.489. The molecule has 3 N–H and O–H groups in total. The number of hydrogen-bond donors (Lipinski definition) is 2. The van der Waals surface area contributed by atoms with Crippen LogP contribution in [0.2, 0.25) is 0 Å². The molecule has 2 fully saturated rings. The van der Waals surface area contributed by atoms with E-state index < -0.39 is 0 Å². The smallest absolute Gasteiger partial charge is 0.189 e. The van der Waals surface area contributed by atoms with Gasteiger partial charge in [0.05, 0.1) is 6.04 Å². The van der Waals surface area contributed by atoms with E-state index in [1.165, 1.54) is 44.9 Å². The molecule has 2 rings (SSSR count). The van der Waals surface area contributed by atoms with Gasteiger partial charge < -0.3 is 11.1 Å². The maximum Gasteiger partial charge on any atom is 0.189 e. The minimum absolute atomic E-state index is 0.530. The largest absolute Gasteiger partial charge is 0.370 e. The number of hydrogen-bond acceptors (Lipinski definition) is 1. The van der Waals surface area contributed by atoms with Crippen molar-refractivity contribution in [3.05, 3.63) is 0 Å². The van der Waals surface area contributed by atoms with Crippen LogP contribution in [-0.4, -0.2) is 18.0 Å². The van der Waals surface area contributed by atoms with Crippen molar-refractivity contribution in [3.8, 4) is 0 Å². The lowest BCUT2D eigenvalue weighted by Gasteiger charge is -2.16. The second-order valence-electron chi connectivity index (χ2n) is 5.20. The molecule has 0 bridgehead atoms. The topological polar surface area (TPSA) is 50.4 Å². The molecule has 0 heterocycles. The Labute approximate surface area is 92.5 Å². The molecule has 2 unspecified atom stereocenters. The molecule has 0 amide bonds. The highest BCUT2D eigenvalue weighted by molar-refractivity contribution is 5.78. The molecule has 0 radical (unpaired) electrons. The second-order valence-corrected chi connectivity index (χ2v) is 5.20. The highest BCUT2D eigenvalue weighted by Crippen LogP contribution is 2.24. The molecule has 0 aromatic carbocycles. The lowest BCUT2D eigenvalue weighted by atomic mass is 10.0. The van der Waals surface area contributed by atoms with Crippen LogP contribution in [0, 0.1) is 5.92 Å². The molecular formula is C12H23N3. The highest BCUT2D eigenvalue weighted by Gasteiger charge is 2.21. The van der Waals surface area contributed by atoms with E-state index in [4.69, 9.17) is 5.73 Å². The minimum Gasteiger partial charge on any atom is -0.370 e. The summed E-state index contributed by atoms with van der Waals surface area (Å²) in [5.74, 6) is 1.57. The Morgan fingerprint density at radius 1 is 1.13 bits per heavy atom. The van der Waals surface area contributed by atoms with Gasteiger partial charge in [-0.3, -0.25) is 4.99 Å². The molecule has 15 heavy (non-hydrogen) atoms. The van der Waals surface area contributed by atoms with E-state index in [1.807, 2.05) is 0 Å². The van der Waals surface area contributed by atoms with Crippen LogP contribution in [0.5, 0.6) is 0 Å². The van der Waals surface area contributed by atoms with Crippen LogP contribution in [0.4, 0.5) is 0 Å². The van der Waals surface area contributed by atoms with Gasteiger partial charge in [0.25, 0.3) is 0 Å². The molecule has 86 valence electrons. The van der Waals surface area contributed by atoms with Gasteiger partial charge in [-0.15, -0.1) is 0 Å². The Kier molecular flexibility index (Phi) is 3.49. The predicted molar refractivity (Wildman–Crippen MR) is 63.8 cm³/mol. The Balaban J connectivity index is 1.77. The van der Waals surface area contributed by atoms with E-state index in [9.17, 15) is 0 Å². The van der Waals surface area contributed by atoms with E-state index >= 15 is 0 Å². The fourth-order valence-corrected chi connectivity index (χ4v) is 2.28. The monoisotopic (exact) mass is 209 g/mol. The molecule has 0 saturated heterocycles. The van der Waals surface area contributed by atoms with Crippen molar-refractivity contribution in [1.82, 2.24) is 5.32 Å². The summed E-state index contributed by atoms with van der Waals surface area (Å²) >= 11 is 0. The minimum atomic E-state index is 0.530. The van der Waals surface area contributed by atoms with Crippen LogP contribution in [0.1, 0.15) is 51.9 Å². The van der Waals surface area contributed by atoms with Crippen molar-refractivity contribution < 1.29 is 0 Å². The molecule has 3 nitrogen and oxygen atoms in total. The third-order valence-corrected chi connectivity index (χ3v) is 3.48. The van der Waals surface area contributed by atoms with Crippen LogP contribution in [0.15, 0.2) is 4.99 Å². The summed E-state index contributed by atoms with van der Waals surface area (Å²) < 4.78 is 0. The zero-order valence-electron chi connectivity index (χ0n) is 9.71. The first kappa shape index (κ1) is 10.8. The molecule has 0 aromatic heterocycles. The predicted octanol–water partition coefficient (Wildman–Crippen LogP) is 2.02. The average molecular weight is 209 g/mol. The van der Waals surface area contributed by atoms with Crippen LogP contribution < -0.4 is 11.1 Å². The summed E-state index contributed by atoms with van der Waals surface area (Å²) in [5, 5.41) is 3.38. The van der Waals surface area contributed by atoms with E-state index in [-0.39, 0.29) is 0 Å². The maximum atomic E-state index is 5.87. The van der Waals surface area contributed by atoms with Gasteiger partial charge in [0.2, 0.25) is 0 Å².